The third kappa shape index (κ3) is 4.34. The Morgan fingerprint density at radius 3 is 1.46 bits per heavy atom. The van der Waals surface area contributed by atoms with Gasteiger partial charge in [0.15, 0.2) is 0 Å². The fraction of sp³-hybridized carbons (Fsp3) is 1.00. The molecular weight excluding hydrogens is 358 g/mol. The van der Waals surface area contributed by atoms with Crippen LogP contribution >= 0.6 is 12.6 Å². The van der Waals surface area contributed by atoms with Crippen LogP contribution in [0.25, 0.3) is 0 Å². The second-order valence-corrected chi connectivity index (χ2v) is 11.5. The van der Waals surface area contributed by atoms with Gasteiger partial charge in [-0.05, 0) is 73.3 Å². The van der Waals surface area contributed by atoms with Gasteiger partial charge < -0.3 is 5.32 Å². The van der Waals surface area contributed by atoms with Gasteiger partial charge in [-0.15, -0.1) is 0 Å². The third-order valence-corrected chi connectivity index (χ3v) is 11.2. The predicted molar refractivity (Wildman–Crippen MR) is 134 cm³/mol. The summed E-state index contributed by atoms with van der Waals surface area (Å²) in [5.74, 6) is 0.641. The second-order valence-electron chi connectivity index (χ2n) is 10.6. The smallest absolute Gasteiger partial charge is 0.0183 e. The molecule has 0 aromatic rings. The molecule has 0 radical (unpaired) electrons. The summed E-state index contributed by atoms with van der Waals surface area (Å²) < 4.78 is 0.0423. The average Bonchev–Trinajstić information content (AvgIpc) is 2.67. The molecule has 0 spiro atoms. The molecule has 0 fully saturated rings. The standard InChI is InChI=1S/C26H55NS/c1-13-23(10,14-2)22(8,9)25(15-3,16-4)24(11,19-21(7)20-27-12)26(28,17-5)18-6/h21,27-28H,13-20H2,1-12H3. The average molecular weight is 414 g/mol. The highest BCUT2D eigenvalue weighted by Gasteiger charge is 2.64. The molecular formula is C26H55NS. The molecule has 1 nitrogen and oxygen atoms in total. The van der Waals surface area contributed by atoms with E-state index in [2.05, 4.69) is 88.5 Å². The number of nitrogens with one attached hydrogen (secondary N) is 1. The highest BCUT2D eigenvalue weighted by atomic mass is 32.1. The summed E-state index contributed by atoms with van der Waals surface area (Å²) in [4.78, 5) is 0. The van der Waals surface area contributed by atoms with Crippen LogP contribution in [0.5, 0.6) is 0 Å². The van der Waals surface area contributed by atoms with Crippen LogP contribution in [-0.4, -0.2) is 18.3 Å². The maximum atomic E-state index is 5.51. The van der Waals surface area contributed by atoms with Gasteiger partial charge in [-0.2, -0.15) is 12.6 Å². The van der Waals surface area contributed by atoms with Crippen LogP contribution in [0, 0.1) is 27.6 Å². The van der Waals surface area contributed by atoms with Crippen molar-refractivity contribution in [2.45, 2.75) is 126 Å². The van der Waals surface area contributed by atoms with Crippen molar-refractivity contribution in [3.8, 4) is 0 Å². The monoisotopic (exact) mass is 413 g/mol. The zero-order valence-corrected chi connectivity index (χ0v) is 22.6. The summed E-state index contributed by atoms with van der Waals surface area (Å²) in [5.41, 5.74) is 0.931. The first-order valence-electron chi connectivity index (χ1n) is 12.2. The topological polar surface area (TPSA) is 12.0 Å². The zero-order chi connectivity index (χ0) is 22.4. The molecule has 0 amide bonds. The van der Waals surface area contributed by atoms with Gasteiger partial charge in [0.25, 0.3) is 0 Å². The molecule has 0 rings (SSSR count). The lowest BCUT2D eigenvalue weighted by Gasteiger charge is -2.68. The summed E-state index contributed by atoms with van der Waals surface area (Å²) in [7, 11) is 2.09. The van der Waals surface area contributed by atoms with E-state index in [1.165, 1.54) is 32.1 Å². The molecule has 2 heteroatoms. The molecule has 28 heavy (non-hydrogen) atoms. The third-order valence-electron chi connectivity index (χ3n) is 10.0. The van der Waals surface area contributed by atoms with Crippen LogP contribution in [0.2, 0.25) is 0 Å². The number of rotatable bonds is 14. The van der Waals surface area contributed by atoms with Gasteiger partial charge >= 0.3 is 0 Å². The summed E-state index contributed by atoms with van der Waals surface area (Å²) >= 11 is 5.51. The van der Waals surface area contributed by atoms with Crippen molar-refractivity contribution in [3.05, 3.63) is 0 Å². The maximum absolute atomic E-state index is 5.51. The Morgan fingerprint density at radius 1 is 0.750 bits per heavy atom. The Kier molecular flexibility index (Phi) is 10.7. The van der Waals surface area contributed by atoms with E-state index >= 15 is 0 Å². The molecule has 0 heterocycles. The van der Waals surface area contributed by atoms with E-state index in [-0.39, 0.29) is 21.0 Å². The first-order valence-corrected chi connectivity index (χ1v) is 12.6. The highest BCUT2D eigenvalue weighted by molar-refractivity contribution is 7.81. The molecule has 0 aromatic heterocycles. The lowest BCUT2D eigenvalue weighted by Crippen LogP contribution is -2.63. The van der Waals surface area contributed by atoms with Crippen LogP contribution in [0.15, 0.2) is 0 Å². The van der Waals surface area contributed by atoms with Gasteiger partial charge in [0.05, 0.1) is 0 Å². The lowest BCUT2D eigenvalue weighted by molar-refractivity contribution is -0.162. The fourth-order valence-corrected chi connectivity index (χ4v) is 7.60. The normalized spacial score (nSPS) is 17.5. The molecule has 1 N–H and O–H groups in total. The second kappa shape index (κ2) is 10.6. The highest BCUT2D eigenvalue weighted by Crippen LogP contribution is 2.70. The van der Waals surface area contributed by atoms with Crippen molar-refractivity contribution in [1.29, 1.82) is 0 Å². The quantitative estimate of drug-likeness (QED) is 0.272. The largest absolute Gasteiger partial charge is 0.319 e. The SMILES string of the molecule is CCC(C)(CC)C(C)(C)C(CC)(CC)C(C)(CC(C)CNC)C(S)(CC)CC. The lowest BCUT2D eigenvalue weighted by atomic mass is 9.39. The first kappa shape index (κ1) is 28.3. The predicted octanol–water partition coefficient (Wildman–Crippen LogP) is 8.39. The van der Waals surface area contributed by atoms with Crippen molar-refractivity contribution < 1.29 is 0 Å². The van der Waals surface area contributed by atoms with Crippen LogP contribution in [0.3, 0.4) is 0 Å². The Balaban J connectivity index is 6.95. The molecule has 170 valence electrons. The molecule has 2 atom stereocenters. The van der Waals surface area contributed by atoms with Crippen LogP contribution in [0.4, 0.5) is 0 Å². The Morgan fingerprint density at radius 2 is 1.18 bits per heavy atom. The Bertz CT molecular complexity index is 443. The molecule has 0 aliphatic heterocycles. The van der Waals surface area contributed by atoms with Crippen molar-refractivity contribution in [2.24, 2.45) is 27.6 Å². The zero-order valence-electron chi connectivity index (χ0n) is 21.7. The molecule has 0 aliphatic carbocycles. The van der Waals surface area contributed by atoms with E-state index in [0.717, 1.165) is 19.4 Å². The summed E-state index contributed by atoms with van der Waals surface area (Å²) in [6, 6.07) is 0. The van der Waals surface area contributed by atoms with E-state index in [0.29, 0.717) is 11.3 Å². The van der Waals surface area contributed by atoms with E-state index in [1.54, 1.807) is 0 Å². The van der Waals surface area contributed by atoms with Gasteiger partial charge in [0, 0.05) is 4.75 Å². The van der Waals surface area contributed by atoms with E-state index in [4.69, 9.17) is 12.6 Å². The van der Waals surface area contributed by atoms with Crippen LogP contribution in [0.1, 0.15) is 121 Å². The van der Waals surface area contributed by atoms with Crippen LogP contribution < -0.4 is 5.32 Å². The molecule has 0 bridgehead atoms. The minimum Gasteiger partial charge on any atom is -0.319 e. The van der Waals surface area contributed by atoms with Crippen LogP contribution in [-0.2, 0) is 0 Å². The molecule has 0 saturated carbocycles. The summed E-state index contributed by atoms with van der Waals surface area (Å²) in [6.07, 6.45) is 8.39. The Hall–Kier alpha value is 0.310. The first-order chi connectivity index (χ1) is 12.8. The van der Waals surface area contributed by atoms with Gasteiger partial charge in [-0.1, -0.05) is 89.0 Å². The Labute approximate surface area is 185 Å². The minimum atomic E-state index is 0.0423. The molecule has 0 saturated heterocycles. The van der Waals surface area contributed by atoms with Gasteiger partial charge in [-0.3, -0.25) is 0 Å². The van der Waals surface area contributed by atoms with Gasteiger partial charge in [0.1, 0.15) is 0 Å². The summed E-state index contributed by atoms with van der Waals surface area (Å²) in [6.45, 7) is 28.3. The minimum absolute atomic E-state index is 0.0423. The molecule has 2 unspecified atom stereocenters. The van der Waals surface area contributed by atoms with Crippen molar-refractivity contribution in [2.75, 3.05) is 13.6 Å². The van der Waals surface area contributed by atoms with E-state index in [1.807, 2.05) is 0 Å². The van der Waals surface area contributed by atoms with Gasteiger partial charge in [-0.25, -0.2) is 0 Å². The summed E-state index contributed by atoms with van der Waals surface area (Å²) in [5, 5.41) is 3.43. The van der Waals surface area contributed by atoms with Crippen molar-refractivity contribution in [1.82, 2.24) is 5.32 Å². The van der Waals surface area contributed by atoms with Crippen molar-refractivity contribution >= 4 is 12.6 Å². The number of hydrogen-bond acceptors (Lipinski definition) is 2. The van der Waals surface area contributed by atoms with Gasteiger partial charge in [0.2, 0.25) is 0 Å². The molecule has 0 aliphatic rings. The van der Waals surface area contributed by atoms with E-state index in [9.17, 15) is 0 Å². The maximum Gasteiger partial charge on any atom is 0.0183 e. The van der Waals surface area contributed by atoms with Crippen molar-refractivity contribution in [3.63, 3.8) is 0 Å². The number of thiol groups is 1. The number of hydrogen-bond donors (Lipinski definition) is 2. The fourth-order valence-electron chi connectivity index (χ4n) is 7.29. The van der Waals surface area contributed by atoms with E-state index < -0.39 is 0 Å². The molecule has 0 aromatic carbocycles.